The average Bonchev–Trinajstić information content (AvgIpc) is 3.15. The number of carbonyl (C=O) groups excluding carboxylic acids is 1. The van der Waals surface area contributed by atoms with E-state index in [9.17, 15) is 14.3 Å². The number of rotatable bonds is 3. The van der Waals surface area contributed by atoms with Crippen LogP contribution in [0.3, 0.4) is 0 Å². The van der Waals surface area contributed by atoms with Crippen molar-refractivity contribution in [3.05, 3.63) is 76.9 Å². The summed E-state index contributed by atoms with van der Waals surface area (Å²) in [5.74, 6) is -1.84. The summed E-state index contributed by atoms with van der Waals surface area (Å²) in [6.07, 6.45) is 0. The number of nitrogens with zero attached hydrogens (tertiary/aromatic N) is 1. The first kappa shape index (κ1) is 19.7. The Kier molecular flexibility index (Phi) is 5.77. The Morgan fingerprint density at radius 3 is 2.41 bits per heavy atom. The van der Waals surface area contributed by atoms with Gasteiger partial charge in [0.2, 0.25) is 0 Å². The molecule has 4 rings (SSSR count). The van der Waals surface area contributed by atoms with Crippen molar-refractivity contribution < 1.29 is 43.8 Å². The largest absolute Gasteiger partial charge is 1.00 e. The molecule has 2 aromatic heterocycles. The van der Waals surface area contributed by atoms with Gasteiger partial charge in [-0.3, -0.25) is 0 Å². The van der Waals surface area contributed by atoms with E-state index in [1.807, 2.05) is 41.8 Å². The van der Waals surface area contributed by atoms with E-state index in [4.69, 9.17) is 0 Å². The Hall–Kier alpha value is -2.05. The van der Waals surface area contributed by atoms with Crippen molar-refractivity contribution in [2.45, 2.75) is 6.92 Å². The van der Waals surface area contributed by atoms with Crippen LogP contribution in [0.1, 0.15) is 15.9 Å². The first-order valence-corrected chi connectivity index (χ1v) is 8.88. The van der Waals surface area contributed by atoms with Gasteiger partial charge in [0.25, 0.3) is 0 Å². The smallest absolute Gasteiger partial charge is 0.545 e. The van der Waals surface area contributed by atoms with Gasteiger partial charge < -0.3 is 9.90 Å². The number of fused-ring (bicyclic) bond motifs is 1. The molecule has 0 aliphatic heterocycles. The third-order valence-corrected chi connectivity index (χ3v) is 5.28. The number of halogens is 1. The van der Waals surface area contributed by atoms with Crippen LogP contribution in [0, 0.1) is 12.7 Å². The van der Waals surface area contributed by atoms with Crippen LogP contribution >= 0.6 is 11.3 Å². The zero-order valence-electron chi connectivity index (χ0n) is 14.8. The Bertz CT molecular complexity index is 1130. The molecule has 128 valence electrons. The number of benzene rings is 2. The monoisotopic (exact) mass is 385 g/mol. The molecule has 3 nitrogen and oxygen atoms in total. The van der Waals surface area contributed by atoms with Gasteiger partial charge in [-0.2, -0.15) is 0 Å². The molecule has 0 aliphatic rings. The maximum atomic E-state index is 13.6. The summed E-state index contributed by atoms with van der Waals surface area (Å²) in [6, 6.07) is 15.8. The minimum absolute atomic E-state index is 0. The minimum Gasteiger partial charge on any atom is -0.545 e. The first-order chi connectivity index (χ1) is 12.5. The van der Waals surface area contributed by atoms with E-state index in [1.54, 1.807) is 18.3 Å². The van der Waals surface area contributed by atoms with E-state index in [0.717, 1.165) is 16.0 Å². The Morgan fingerprint density at radius 2 is 1.78 bits per heavy atom. The molecule has 2 aromatic carbocycles. The first-order valence-electron chi connectivity index (χ1n) is 8.00. The quantitative estimate of drug-likeness (QED) is 0.502. The molecule has 0 radical (unpaired) electrons. The number of hydrogen-bond donors (Lipinski definition) is 0. The predicted octanol–water partition coefficient (Wildman–Crippen LogP) is 1.45. The number of aromatic carboxylic acids is 1. The van der Waals surface area contributed by atoms with Crippen molar-refractivity contribution in [2.75, 3.05) is 0 Å². The van der Waals surface area contributed by atoms with Crippen LogP contribution in [0.4, 0.5) is 4.39 Å². The van der Waals surface area contributed by atoms with Crippen LogP contribution in [0.25, 0.3) is 32.6 Å². The molecule has 0 saturated carbocycles. The van der Waals surface area contributed by atoms with Crippen molar-refractivity contribution in [3.8, 4) is 21.7 Å². The Morgan fingerprint density at radius 1 is 1.07 bits per heavy atom. The fourth-order valence-electron chi connectivity index (χ4n) is 3.11. The molecule has 0 spiro atoms. The molecule has 6 heteroatoms. The minimum atomic E-state index is -1.34. The topological polar surface area (TPSA) is 53.0 Å². The Balaban J connectivity index is 0.00000210. The second kappa shape index (κ2) is 7.90. The van der Waals surface area contributed by atoms with Crippen LogP contribution in [0.2, 0.25) is 0 Å². The maximum absolute atomic E-state index is 13.6. The Labute approximate surface area is 181 Å². The summed E-state index contributed by atoms with van der Waals surface area (Å²) in [5, 5.41) is 13.9. The zero-order chi connectivity index (χ0) is 18.3. The third-order valence-electron chi connectivity index (χ3n) is 4.36. The third kappa shape index (κ3) is 3.69. The summed E-state index contributed by atoms with van der Waals surface area (Å²) < 4.78 is 13.6. The van der Waals surface area contributed by atoms with Crippen molar-refractivity contribution in [2.24, 2.45) is 0 Å². The molecule has 27 heavy (non-hydrogen) atoms. The number of carbonyl (C=O) groups is 1. The molecular formula is C21H13FNNaO2S. The summed E-state index contributed by atoms with van der Waals surface area (Å²) >= 11 is 1.65. The van der Waals surface area contributed by atoms with Gasteiger partial charge in [-0.1, -0.05) is 30.3 Å². The molecule has 0 aliphatic carbocycles. The van der Waals surface area contributed by atoms with Crippen LogP contribution in [-0.4, -0.2) is 11.0 Å². The molecule has 0 saturated heterocycles. The van der Waals surface area contributed by atoms with Crippen LogP contribution in [0.15, 0.2) is 60.0 Å². The van der Waals surface area contributed by atoms with Gasteiger partial charge in [-0.15, -0.1) is 11.3 Å². The van der Waals surface area contributed by atoms with Gasteiger partial charge in [-0.25, -0.2) is 9.37 Å². The second-order valence-corrected chi connectivity index (χ2v) is 6.91. The van der Waals surface area contributed by atoms with Gasteiger partial charge in [0.15, 0.2) is 0 Å². The fraction of sp³-hybridized carbons (Fsp3) is 0.0476. The molecule has 0 atom stereocenters. The number of pyridine rings is 1. The van der Waals surface area contributed by atoms with Gasteiger partial charge in [0, 0.05) is 21.4 Å². The summed E-state index contributed by atoms with van der Waals surface area (Å²) in [4.78, 5) is 17.4. The van der Waals surface area contributed by atoms with E-state index in [2.05, 4.69) is 4.98 Å². The van der Waals surface area contributed by atoms with E-state index < -0.39 is 11.8 Å². The van der Waals surface area contributed by atoms with Crippen LogP contribution in [-0.2, 0) is 0 Å². The number of thiophene rings is 1. The maximum Gasteiger partial charge on any atom is 1.00 e. The molecule has 2 heterocycles. The van der Waals surface area contributed by atoms with Gasteiger partial charge in [-0.05, 0) is 47.7 Å². The molecule has 0 bridgehead atoms. The van der Waals surface area contributed by atoms with Gasteiger partial charge >= 0.3 is 29.6 Å². The standard InChI is InChI=1S/C21H14FNO2S.Na/c1-12-19(21(24)25)16-11-15(22)8-9-17(16)23-20(12)14-6-4-13(5-7-14)18-3-2-10-26-18;/h2-11H,1H3,(H,24,25);/q;+1/p-1. The van der Waals surface area contributed by atoms with Crippen molar-refractivity contribution in [1.82, 2.24) is 4.98 Å². The van der Waals surface area contributed by atoms with Crippen molar-refractivity contribution in [3.63, 3.8) is 0 Å². The number of aromatic nitrogens is 1. The molecule has 0 N–H and O–H groups in total. The SMILES string of the molecule is Cc1c(-c2ccc(-c3cccs3)cc2)nc2ccc(F)cc2c1C(=O)[O-].[Na+]. The van der Waals surface area contributed by atoms with Crippen molar-refractivity contribution in [1.29, 1.82) is 0 Å². The predicted molar refractivity (Wildman–Crippen MR) is 99.5 cm³/mol. The fourth-order valence-corrected chi connectivity index (χ4v) is 3.84. The number of hydrogen-bond acceptors (Lipinski definition) is 4. The van der Waals surface area contributed by atoms with Crippen molar-refractivity contribution >= 4 is 28.2 Å². The van der Waals surface area contributed by atoms with Crippen LogP contribution < -0.4 is 34.7 Å². The molecule has 0 unspecified atom stereocenters. The van der Waals surface area contributed by atoms with E-state index in [0.29, 0.717) is 16.8 Å². The number of carboxylic acids is 1. The molecule has 0 fully saturated rings. The summed E-state index contributed by atoms with van der Waals surface area (Å²) in [7, 11) is 0. The molecule has 4 aromatic rings. The molecule has 0 amide bonds. The second-order valence-electron chi connectivity index (χ2n) is 5.96. The normalized spacial score (nSPS) is 10.6. The van der Waals surface area contributed by atoms with Gasteiger partial charge in [0.1, 0.15) is 5.82 Å². The van der Waals surface area contributed by atoms with E-state index in [1.165, 1.54) is 18.2 Å². The molecular weight excluding hydrogens is 372 g/mol. The average molecular weight is 385 g/mol. The summed E-state index contributed by atoms with van der Waals surface area (Å²) in [5.41, 5.74) is 3.31. The zero-order valence-corrected chi connectivity index (χ0v) is 17.6. The van der Waals surface area contributed by atoms with Crippen LogP contribution in [0.5, 0.6) is 0 Å². The van der Waals surface area contributed by atoms with E-state index >= 15 is 0 Å². The summed E-state index contributed by atoms with van der Waals surface area (Å²) in [6.45, 7) is 1.67. The van der Waals surface area contributed by atoms with Gasteiger partial charge in [0.05, 0.1) is 17.2 Å². The number of carboxylic acid groups (broad SMARTS) is 1. The van der Waals surface area contributed by atoms with E-state index in [-0.39, 0.29) is 40.5 Å².